The van der Waals surface area contributed by atoms with Crippen molar-refractivity contribution in [1.82, 2.24) is 5.32 Å². The fraction of sp³-hybridized carbons (Fsp3) is 1.00. The van der Waals surface area contributed by atoms with E-state index in [4.69, 9.17) is 0 Å². The van der Waals surface area contributed by atoms with Crippen LogP contribution in [-0.2, 0) is 0 Å². The van der Waals surface area contributed by atoms with Crippen molar-refractivity contribution in [3.63, 3.8) is 0 Å². The molecular formula is C9H19NS. The van der Waals surface area contributed by atoms with E-state index in [1.165, 1.54) is 25.7 Å². The van der Waals surface area contributed by atoms with Crippen molar-refractivity contribution in [2.45, 2.75) is 43.9 Å². The van der Waals surface area contributed by atoms with Crippen LogP contribution in [0.1, 0.15) is 32.6 Å². The highest BCUT2D eigenvalue weighted by Gasteiger charge is 2.18. The summed E-state index contributed by atoms with van der Waals surface area (Å²) in [7, 11) is 0. The molecule has 0 saturated heterocycles. The molecule has 0 spiro atoms. The fourth-order valence-electron chi connectivity index (χ4n) is 1.79. The van der Waals surface area contributed by atoms with E-state index in [0.717, 1.165) is 17.8 Å². The molecule has 1 rings (SSSR count). The summed E-state index contributed by atoms with van der Waals surface area (Å²) < 4.78 is 0. The number of hydrogen-bond donors (Lipinski definition) is 1. The number of hydrogen-bond acceptors (Lipinski definition) is 2. The molecule has 11 heavy (non-hydrogen) atoms. The second-order valence-electron chi connectivity index (χ2n) is 3.27. The molecule has 0 atom stereocenters. The topological polar surface area (TPSA) is 12.0 Å². The second-order valence-corrected chi connectivity index (χ2v) is 4.41. The molecule has 2 heteroatoms. The Kier molecular flexibility index (Phi) is 4.31. The van der Waals surface area contributed by atoms with Gasteiger partial charge in [0.2, 0.25) is 0 Å². The van der Waals surface area contributed by atoms with Gasteiger partial charge in [-0.15, -0.1) is 0 Å². The molecule has 0 aromatic heterocycles. The van der Waals surface area contributed by atoms with Crippen LogP contribution in [0.3, 0.4) is 0 Å². The number of nitrogens with one attached hydrogen (secondary N) is 1. The Hall–Kier alpha value is 0.310. The molecule has 1 aliphatic rings. The van der Waals surface area contributed by atoms with Gasteiger partial charge in [-0.25, -0.2) is 0 Å². The van der Waals surface area contributed by atoms with E-state index < -0.39 is 0 Å². The molecule has 0 heterocycles. The van der Waals surface area contributed by atoms with Crippen LogP contribution in [0.4, 0.5) is 0 Å². The van der Waals surface area contributed by atoms with Crippen LogP contribution in [0.25, 0.3) is 0 Å². The van der Waals surface area contributed by atoms with Gasteiger partial charge in [0.25, 0.3) is 0 Å². The summed E-state index contributed by atoms with van der Waals surface area (Å²) in [4.78, 5) is 0. The van der Waals surface area contributed by atoms with E-state index in [-0.39, 0.29) is 0 Å². The highest BCUT2D eigenvalue weighted by Crippen LogP contribution is 2.26. The molecule has 0 radical (unpaired) electrons. The zero-order valence-electron chi connectivity index (χ0n) is 7.60. The van der Waals surface area contributed by atoms with Crippen LogP contribution in [0.5, 0.6) is 0 Å². The average molecular weight is 173 g/mol. The summed E-state index contributed by atoms with van der Waals surface area (Å²) in [5, 5.41) is 4.47. The molecule has 66 valence electrons. The molecule has 1 nitrogen and oxygen atoms in total. The van der Waals surface area contributed by atoms with Gasteiger partial charge in [0.05, 0.1) is 0 Å². The Balaban J connectivity index is 2.14. The smallest absolute Gasteiger partial charge is 0.00677 e. The van der Waals surface area contributed by atoms with Crippen molar-refractivity contribution in [2.24, 2.45) is 0 Å². The number of thioether (sulfide) groups is 1. The molecule has 1 aliphatic carbocycles. The first kappa shape index (κ1) is 9.40. The Morgan fingerprint density at radius 1 is 1.27 bits per heavy atom. The maximum absolute atomic E-state index is 3.52. The minimum absolute atomic E-state index is 0.823. The maximum Gasteiger partial charge on any atom is 0.00677 e. The van der Waals surface area contributed by atoms with Crippen LogP contribution >= 0.6 is 11.8 Å². The van der Waals surface area contributed by atoms with Gasteiger partial charge in [0.1, 0.15) is 0 Å². The highest BCUT2D eigenvalue weighted by molar-refractivity contribution is 7.99. The van der Waals surface area contributed by atoms with Crippen molar-refractivity contribution in [1.29, 1.82) is 0 Å². The highest BCUT2D eigenvalue weighted by atomic mass is 32.2. The van der Waals surface area contributed by atoms with Crippen LogP contribution in [0, 0.1) is 0 Å². The molecule has 1 saturated carbocycles. The fourth-order valence-corrected chi connectivity index (χ4v) is 2.53. The van der Waals surface area contributed by atoms with Crippen LogP contribution < -0.4 is 5.32 Å². The summed E-state index contributed by atoms with van der Waals surface area (Å²) in [6, 6.07) is 0.823. The van der Waals surface area contributed by atoms with E-state index in [1.54, 1.807) is 0 Å². The van der Waals surface area contributed by atoms with Crippen LogP contribution in [-0.4, -0.2) is 24.1 Å². The Labute approximate surface area is 74.3 Å². The van der Waals surface area contributed by atoms with E-state index in [9.17, 15) is 0 Å². The summed E-state index contributed by atoms with van der Waals surface area (Å²) >= 11 is 2.04. The Morgan fingerprint density at radius 3 is 2.36 bits per heavy atom. The lowest BCUT2D eigenvalue weighted by Crippen LogP contribution is -2.33. The molecule has 0 aliphatic heterocycles. The SMILES string of the molecule is CCNC1CCC(SC)CC1. The van der Waals surface area contributed by atoms with Crippen LogP contribution in [0.15, 0.2) is 0 Å². The van der Waals surface area contributed by atoms with Gasteiger partial charge in [-0.1, -0.05) is 6.92 Å². The van der Waals surface area contributed by atoms with Gasteiger partial charge in [0, 0.05) is 11.3 Å². The minimum atomic E-state index is 0.823. The lowest BCUT2D eigenvalue weighted by atomic mass is 9.95. The van der Waals surface area contributed by atoms with E-state index >= 15 is 0 Å². The molecule has 0 bridgehead atoms. The van der Waals surface area contributed by atoms with Gasteiger partial charge in [-0.05, 0) is 38.5 Å². The predicted molar refractivity (Wildman–Crippen MR) is 53.2 cm³/mol. The van der Waals surface area contributed by atoms with Crippen molar-refractivity contribution >= 4 is 11.8 Å². The molecule has 0 unspecified atom stereocenters. The van der Waals surface area contributed by atoms with E-state index in [2.05, 4.69) is 18.5 Å². The maximum atomic E-state index is 3.52. The summed E-state index contributed by atoms with van der Waals surface area (Å²) in [6.07, 6.45) is 7.84. The zero-order valence-corrected chi connectivity index (χ0v) is 8.41. The lowest BCUT2D eigenvalue weighted by Gasteiger charge is -2.27. The van der Waals surface area contributed by atoms with Crippen molar-refractivity contribution in [3.05, 3.63) is 0 Å². The first-order chi connectivity index (χ1) is 5.36. The monoisotopic (exact) mass is 173 g/mol. The summed E-state index contributed by atoms with van der Waals surface area (Å²) in [5.41, 5.74) is 0. The third kappa shape index (κ3) is 3.04. The van der Waals surface area contributed by atoms with E-state index in [0.29, 0.717) is 0 Å². The Bertz CT molecular complexity index is 97.7. The largest absolute Gasteiger partial charge is 0.314 e. The summed E-state index contributed by atoms with van der Waals surface area (Å²) in [6.45, 7) is 3.33. The molecule has 1 N–H and O–H groups in total. The standard InChI is InChI=1S/C9H19NS/c1-3-10-8-4-6-9(11-2)7-5-8/h8-10H,3-7H2,1-2H3. The normalized spacial score (nSPS) is 32.2. The Morgan fingerprint density at radius 2 is 1.91 bits per heavy atom. The molecule has 0 aromatic carbocycles. The second kappa shape index (κ2) is 5.04. The van der Waals surface area contributed by atoms with Crippen molar-refractivity contribution in [3.8, 4) is 0 Å². The van der Waals surface area contributed by atoms with Crippen molar-refractivity contribution < 1.29 is 0 Å². The first-order valence-electron chi connectivity index (χ1n) is 4.63. The minimum Gasteiger partial charge on any atom is -0.314 e. The van der Waals surface area contributed by atoms with Gasteiger partial charge in [-0.3, -0.25) is 0 Å². The molecular weight excluding hydrogens is 154 g/mol. The zero-order chi connectivity index (χ0) is 8.10. The molecule has 0 amide bonds. The van der Waals surface area contributed by atoms with Gasteiger partial charge in [0.15, 0.2) is 0 Å². The summed E-state index contributed by atoms with van der Waals surface area (Å²) in [5.74, 6) is 0. The van der Waals surface area contributed by atoms with Crippen molar-refractivity contribution in [2.75, 3.05) is 12.8 Å². The quantitative estimate of drug-likeness (QED) is 0.702. The third-order valence-corrected chi connectivity index (χ3v) is 3.64. The van der Waals surface area contributed by atoms with Gasteiger partial charge >= 0.3 is 0 Å². The predicted octanol–water partition coefficient (Wildman–Crippen LogP) is 2.27. The van der Waals surface area contributed by atoms with E-state index in [1.807, 2.05) is 11.8 Å². The third-order valence-electron chi connectivity index (χ3n) is 2.50. The van der Waals surface area contributed by atoms with Crippen LogP contribution in [0.2, 0.25) is 0 Å². The van der Waals surface area contributed by atoms with Gasteiger partial charge < -0.3 is 5.32 Å². The molecule has 1 fully saturated rings. The number of rotatable bonds is 3. The first-order valence-corrected chi connectivity index (χ1v) is 5.91. The molecule has 0 aromatic rings. The average Bonchev–Trinajstić information content (AvgIpc) is 2.07. The van der Waals surface area contributed by atoms with Gasteiger partial charge in [-0.2, -0.15) is 11.8 Å². The lowest BCUT2D eigenvalue weighted by molar-refractivity contribution is 0.387.